The molecule has 1 fully saturated rings. The minimum absolute atomic E-state index is 0.152. The quantitative estimate of drug-likeness (QED) is 0.727. The lowest BCUT2D eigenvalue weighted by atomic mass is 9.74. The van der Waals surface area contributed by atoms with Gasteiger partial charge in [0.05, 0.1) is 6.42 Å². The third-order valence-electron chi connectivity index (χ3n) is 4.01. The van der Waals surface area contributed by atoms with Crippen molar-refractivity contribution in [2.45, 2.75) is 58.4 Å². The zero-order valence-corrected chi connectivity index (χ0v) is 10.8. The summed E-state index contributed by atoms with van der Waals surface area (Å²) in [5, 5.41) is 9.07. The first kappa shape index (κ1) is 13.5. The molecule has 0 aromatic heterocycles. The molecule has 1 unspecified atom stereocenters. The molecule has 0 heterocycles. The summed E-state index contributed by atoms with van der Waals surface area (Å²) in [6, 6.07) is 0. The third kappa shape index (κ3) is 3.21. The Hall–Kier alpha value is -0.570. The molecule has 0 aliphatic heterocycles. The SMILES string of the molecule is CCN(CC)C(C)(CC(=O)O)CC1CCC1. The average Bonchev–Trinajstić information content (AvgIpc) is 2.12. The van der Waals surface area contributed by atoms with Crippen molar-refractivity contribution in [2.24, 2.45) is 5.92 Å². The van der Waals surface area contributed by atoms with Crippen LogP contribution in [0.25, 0.3) is 0 Å². The van der Waals surface area contributed by atoms with E-state index in [-0.39, 0.29) is 12.0 Å². The van der Waals surface area contributed by atoms with Crippen LogP contribution in [-0.2, 0) is 4.79 Å². The van der Waals surface area contributed by atoms with Gasteiger partial charge in [-0.25, -0.2) is 0 Å². The molecule has 3 heteroatoms. The lowest BCUT2D eigenvalue weighted by Crippen LogP contribution is -2.49. The molecule has 0 spiro atoms. The summed E-state index contributed by atoms with van der Waals surface area (Å²) in [4.78, 5) is 13.3. The van der Waals surface area contributed by atoms with E-state index in [0.29, 0.717) is 0 Å². The molecule has 1 aliphatic carbocycles. The Bertz CT molecular complexity index is 234. The molecular weight excluding hydrogens is 202 g/mol. The van der Waals surface area contributed by atoms with Gasteiger partial charge in [-0.2, -0.15) is 0 Å². The number of carbonyl (C=O) groups is 1. The standard InChI is InChI=1S/C13H25NO2/c1-4-14(5-2)13(3,10-12(15)16)9-11-7-6-8-11/h11H,4-10H2,1-3H3,(H,15,16). The molecule has 1 atom stereocenters. The number of hydrogen-bond acceptors (Lipinski definition) is 2. The molecule has 0 amide bonds. The third-order valence-corrected chi connectivity index (χ3v) is 4.01. The molecular formula is C13H25NO2. The summed E-state index contributed by atoms with van der Waals surface area (Å²) in [7, 11) is 0. The van der Waals surface area contributed by atoms with Crippen LogP contribution in [0.1, 0.15) is 52.9 Å². The molecule has 3 nitrogen and oxygen atoms in total. The Kier molecular flexibility index (Phi) is 4.78. The lowest BCUT2D eigenvalue weighted by molar-refractivity contribution is -0.140. The summed E-state index contributed by atoms with van der Waals surface area (Å²) in [6.07, 6.45) is 5.21. The van der Waals surface area contributed by atoms with Gasteiger partial charge in [-0.15, -0.1) is 0 Å². The fourth-order valence-corrected chi connectivity index (χ4v) is 2.94. The van der Waals surface area contributed by atoms with Gasteiger partial charge in [-0.05, 0) is 32.4 Å². The Labute approximate surface area is 98.8 Å². The minimum Gasteiger partial charge on any atom is -0.481 e. The maximum absolute atomic E-state index is 11.0. The van der Waals surface area contributed by atoms with Gasteiger partial charge >= 0.3 is 5.97 Å². The van der Waals surface area contributed by atoms with Crippen molar-refractivity contribution in [3.8, 4) is 0 Å². The van der Waals surface area contributed by atoms with E-state index >= 15 is 0 Å². The topological polar surface area (TPSA) is 40.5 Å². The van der Waals surface area contributed by atoms with Gasteiger partial charge in [0.1, 0.15) is 0 Å². The first-order chi connectivity index (χ1) is 7.51. The van der Waals surface area contributed by atoms with Gasteiger partial charge in [-0.1, -0.05) is 33.1 Å². The highest BCUT2D eigenvalue weighted by molar-refractivity contribution is 5.68. The smallest absolute Gasteiger partial charge is 0.305 e. The van der Waals surface area contributed by atoms with Gasteiger partial charge in [0, 0.05) is 5.54 Å². The van der Waals surface area contributed by atoms with Gasteiger partial charge < -0.3 is 5.11 Å². The number of hydrogen-bond donors (Lipinski definition) is 1. The Balaban J connectivity index is 2.67. The molecule has 1 N–H and O–H groups in total. The second-order valence-corrected chi connectivity index (χ2v) is 5.24. The molecule has 16 heavy (non-hydrogen) atoms. The van der Waals surface area contributed by atoms with Crippen LogP contribution < -0.4 is 0 Å². The van der Waals surface area contributed by atoms with Crippen LogP contribution in [0.4, 0.5) is 0 Å². The molecule has 0 aromatic rings. The van der Waals surface area contributed by atoms with Crippen LogP contribution in [0.2, 0.25) is 0 Å². The van der Waals surface area contributed by atoms with E-state index in [1.54, 1.807) is 0 Å². The second-order valence-electron chi connectivity index (χ2n) is 5.24. The number of nitrogens with zero attached hydrogens (tertiary/aromatic N) is 1. The number of carboxylic acid groups (broad SMARTS) is 1. The molecule has 94 valence electrons. The van der Waals surface area contributed by atoms with Gasteiger partial charge in [0.25, 0.3) is 0 Å². The van der Waals surface area contributed by atoms with Crippen LogP contribution in [0, 0.1) is 5.92 Å². The van der Waals surface area contributed by atoms with E-state index in [4.69, 9.17) is 5.11 Å². The van der Waals surface area contributed by atoms with E-state index in [0.717, 1.165) is 25.4 Å². The van der Waals surface area contributed by atoms with Crippen molar-refractivity contribution in [1.82, 2.24) is 4.90 Å². The highest BCUT2D eigenvalue weighted by atomic mass is 16.4. The molecule has 1 aliphatic rings. The second kappa shape index (κ2) is 5.67. The van der Waals surface area contributed by atoms with E-state index in [2.05, 4.69) is 25.7 Å². The lowest BCUT2D eigenvalue weighted by Gasteiger charge is -2.43. The Morgan fingerprint density at radius 2 is 1.94 bits per heavy atom. The molecule has 1 saturated carbocycles. The summed E-state index contributed by atoms with van der Waals surface area (Å²) in [5.41, 5.74) is -0.152. The van der Waals surface area contributed by atoms with Gasteiger partial charge in [0.2, 0.25) is 0 Å². The molecule has 0 saturated heterocycles. The molecule has 0 bridgehead atoms. The first-order valence-electron chi connectivity index (χ1n) is 6.48. The van der Waals surface area contributed by atoms with Gasteiger partial charge in [0.15, 0.2) is 0 Å². The molecule has 0 aromatic carbocycles. The number of aliphatic carboxylic acids is 1. The maximum Gasteiger partial charge on any atom is 0.305 e. The van der Waals surface area contributed by atoms with Crippen molar-refractivity contribution >= 4 is 5.97 Å². The van der Waals surface area contributed by atoms with Crippen molar-refractivity contribution < 1.29 is 9.90 Å². The van der Waals surface area contributed by atoms with E-state index in [9.17, 15) is 4.79 Å². The summed E-state index contributed by atoms with van der Waals surface area (Å²) in [6.45, 7) is 8.22. The van der Waals surface area contributed by atoms with E-state index < -0.39 is 5.97 Å². The van der Waals surface area contributed by atoms with Gasteiger partial charge in [-0.3, -0.25) is 9.69 Å². The zero-order chi connectivity index (χ0) is 12.2. The zero-order valence-electron chi connectivity index (χ0n) is 10.8. The van der Waals surface area contributed by atoms with Crippen LogP contribution in [0.15, 0.2) is 0 Å². The van der Waals surface area contributed by atoms with Crippen LogP contribution >= 0.6 is 0 Å². The maximum atomic E-state index is 11.0. The predicted molar refractivity (Wildman–Crippen MR) is 65.5 cm³/mol. The van der Waals surface area contributed by atoms with E-state index in [1.807, 2.05) is 0 Å². The Morgan fingerprint density at radius 1 is 1.38 bits per heavy atom. The Morgan fingerprint density at radius 3 is 2.25 bits per heavy atom. The highest BCUT2D eigenvalue weighted by Crippen LogP contribution is 2.37. The predicted octanol–water partition coefficient (Wildman–Crippen LogP) is 2.75. The average molecular weight is 227 g/mol. The summed E-state index contributed by atoms with van der Waals surface area (Å²) in [5.74, 6) is 0.0821. The molecule has 0 radical (unpaired) electrons. The van der Waals surface area contributed by atoms with Crippen molar-refractivity contribution in [1.29, 1.82) is 0 Å². The molecule has 1 rings (SSSR count). The largest absolute Gasteiger partial charge is 0.481 e. The van der Waals surface area contributed by atoms with Crippen LogP contribution in [0.3, 0.4) is 0 Å². The number of rotatable bonds is 7. The minimum atomic E-state index is -0.672. The van der Waals surface area contributed by atoms with Crippen LogP contribution in [0.5, 0.6) is 0 Å². The first-order valence-corrected chi connectivity index (χ1v) is 6.48. The van der Waals surface area contributed by atoms with Crippen molar-refractivity contribution in [2.75, 3.05) is 13.1 Å². The van der Waals surface area contributed by atoms with Crippen LogP contribution in [-0.4, -0.2) is 34.6 Å². The normalized spacial score (nSPS) is 20.5. The fourth-order valence-electron chi connectivity index (χ4n) is 2.94. The van der Waals surface area contributed by atoms with Crippen molar-refractivity contribution in [3.05, 3.63) is 0 Å². The highest BCUT2D eigenvalue weighted by Gasteiger charge is 2.36. The number of carboxylic acids is 1. The summed E-state index contributed by atoms with van der Waals surface area (Å²) >= 11 is 0. The van der Waals surface area contributed by atoms with Crippen molar-refractivity contribution in [3.63, 3.8) is 0 Å². The summed E-state index contributed by atoms with van der Waals surface area (Å²) < 4.78 is 0. The fraction of sp³-hybridized carbons (Fsp3) is 0.923. The van der Waals surface area contributed by atoms with E-state index in [1.165, 1.54) is 19.3 Å². The monoisotopic (exact) mass is 227 g/mol.